The molecular formula is C16H12BrN3O4. The average Bonchev–Trinajstić information content (AvgIpc) is 2.57. The van der Waals surface area contributed by atoms with Crippen LogP contribution in [0.2, 0.25) is 0 Å². The minimum absolute atomic E-state index is 0.133. The highest BCUT2D eigenvalue weighted by molar-refractivity contribution is 9.10. The number of methoxy groups -OCH3 is 1. The van der Waals surface area contributed by atoms with E-state index < -0.39 is 4.92 Å². The van der Waals surface area contributed by atoms with Gasteiger partial charge in [-0.1, -0.05) is 6.07 Å². The molecule has 0 amide bonds. The second-order valence-electron chi connectivity index (χ2n) is 5.11. The van der Waals surface area contributed by atoms with Gasteiger partial charge < -0.3 is 4.74 Å². The minimum Gasteiger partial charge on any atom is -0.496 e. The molecule has 2 aromatic carbocycles. The topological polar surface area (TPSA) is 87.3 Å². The van der Waals surface area contributed by atoms with Crippen LogP contribution in [-0.4, -0.2) is 21.6 Å². The molecule has 0 saturated heterocycles. The number of benzene rings is 2. The molecule has 1 aromatic heterocycles. The van der Waals surface area contributed by atoms with Gasteiger partial charge in [0.25, 0.3) is 11.2 Å². The SMILES string of the molecule is COc1ccc(Cn2cnc3ccc([N+](=O)[O-])cc3c2=O)cc1Br. The third kappa shape index (κ3) is 3.00. The van der Waals surface area contributed by atoms with E-state index >= 15 is 0 Å². The van der Waals surface area contributed by atoms with Gasteiger partial charge in [0.2, 0.25) is 0 Å². The zero-order valence-electron chi connectivity index (χ0n) is 12.6. The van der Waals surface area contributed by atoms with Gasteiger partial charge in [0.05, 0.1) is 40.3 Å². The number of aromatic nitrogens is 2. The zero-order valence-corrected chi connectivity index (χ0v) is 14.2. The van der Waals surface area contributed by atoms with E-state index in [1.54, 1.807) is 13.2 Å². The van der Waals surface area contributed by atoms with Crippen molar-refractivity contribution in [3.8, 4) is 5.75 Å². The Labute approximate surface area is 144 Å². The largest absolute Gasteiger partial charge is 0.496 e. The highest BCUT2D eigenvalue weighted by Gasteiger charge is 2.11. The van der Waals surface area contributed by atoms with Gasteiger partial charge in [0.15, 0.2) is 0 Å². The highest BCUT2D eigenvalue weighted by atomic mass is 79.9. The molecule has 0 spiro atoms. The van der Waals surface area contributed by atoms with Crippen molar-refractivity contribution in [3.63, 3.8) is 0 Å². The summed E-state index contributed by atoms with van der Waals surface area (Å²) in [5.41, 5.74) is 0.844. The number of nitro groups is 1. The summed E-state index contributed by atoms with van der Waals surface area (Å²) in [6, 6.07) is 9.55. The van der Waals surface area contributed by atoms with Crippen molar-refractivity contribution in [3.05, 3.63) is 73.2 Å². The molecule has 3 rings (SSSR count). The molecule has 0 radical (unpaired) electrons. The van der Waals surface area contributed by atoms with Gasteiger partial charge >= 0.3 is 0 Å². The Morgan fingerprint density at radius 2 is 2.08 bits per heavy atom. The van der Waals surface area contributed by atoms with Crippen molar-refractivity contribution < 1.29 is 9.66 Å². The molecule has 0 N–H and O–H groups in total. The third-order valence-electron chi connectivity index (χ3n) is 3.59. The summed E-state index contributed by atoms with van der Waals surface area (Å²) < 4.78 is 7.37. The van der Waals surface area contributed by atoms with Gasteiger partial charge in [-0.05, 0) is 39.7 Å². The molecule has 0 aliphatic heterocycles. The van der Waals surface area contributed by atoms with E-state index in [-0.39, 0.29) is 16.6 Å². The lowest BCUT2D eigenvalue weighted by molar-refractivity contribution is -0.384. The van der Waals surface area contributed by atoms with E-state index in [4.69, 9.17) is 4.74 Å². The molecular weight excluding hydrogens is 378 g/mol. The number of halogens is 1. The van der Waals surface area contributed by atoms with Crippen LogP contribution in [0, 0.1) is 10.1 Å². The van der Waals surface area contributed by atoms with Crippen LogP contribution in [0.4, 0.5) is 5.69 Å². The molecule has 0 bridgehead atoms. The summed E-state index contributed by atoms with van der Waals surface area (Å²) in [4.78, 5) is 27.1. The monoisotopic (exact) mass is 389 g/mol. The number of hydrogen-bond donors (Lipinski definition) is 0. The minimum atomic E-state index is -0.531. The molecule has 0 aliphatic carbocycles. The highest BCUT2D eigenvalue weighted by Crippen LogP contribution is 2.25. The first-order valence-corrected chi connectivity index (χ1v) is 7.75. The first kappa shape index (κ1) is 16.1. The van der Waals surface area contributed by atoms with E-state index in [1.807, 2.05) is 12.1 Å². The second kappa shape index (κ2) is 6.40. The quantitative estimate of drug-likeness (QED) is 0.505. The Hall–Kier alpha value is -2.74. The van der Waals surface area contributed by atoms with Crippen molar-refractivity contribution in [1.29, 1.82) is 0 Å². The lowest BCUT2D eigenvalue weighted by Gasteiger charge is -2.09. The van der Waals surface area contributed by atoms with Gasteiger partial charge in [-0.15, -0.1) is 0 Å². The maximum Gasteiger partial charge on any atom is 0.270 e. The Morgan fingerprint density at radius 3 is 2.75 bits per heavy atom. The predicted molar refractivity (Wildman–Crippen MR) is 92.5 cm³/mol. The summed E-state index contributed by atoms with van der Waals surface area (Å²) in [5.74, 6) is 0.693. The van der Waals surface area contributed by atoms with Gasteiger partial charge in [0, 0.05) is 12.1 Å². The molecule has 0 atom stereocenters. The number of fused-ring (bicyclic) bond motifs is 1. The lowest BCUT2D eigenvalue weighted by Crippen LogP contribution is -2.21. The third-order valence-corrected chi connectivity index (χ3v) is 4.21. The van der Waals surface area contributed by atoms with E-state index in [2.05, 4.69) is 20.9 Å². The molecule has 122 valence electrons. The van der Waals surface area contributed by atoms with E-state index in [0.29, 0.717) is 17.8 Å². The van der Waals surface area contributed by atoms with Crippen LogP contribution in [0.3, 0.4) is 0 Å². The van der Waals surface area contributed by atoms with Gasteiger partial charge in [-0.25, -0.2) is 4.98 Å². The number of nitro benzene ring substituents is 1. The molecule has 0 aliphatic rings. The van der Waals surface area contributed by atoms with Gasteiger partial charge in [-0.3, -0.25) is 19.5 Å². The Morgan fingerprint density at radius 1 is 1.29 bits per heavy atom. The molecule has 24 heavy (non-hydrogen) atoms. The summed E-state index contributed by atoms with van der Waals surface area (Å²) in [6.45, 7) is 0.299. The molecule has 8 heteroatoms. The maximum absolute atomic E-state index is 12.6. The Bertz CT molecular complexity index is 1000. The fraction of sp³-hybridized carbons (Fsp3) is 0.125. The van der Waals surface area contributed by atoms with Crippen LogP contribution in [0.1, 0.15) is 5.56 Å². The number of non-ortho nitro benzene ring substituents is 1. The fourth-order valence-electron chi connectivity index (χ4n) is 2.38. The van der Waals surface area contributed by atoms with Crippen molar-refractivity contribution in [2.24, 2.45) is 0 Å². The summed E-state index contributed by atoms with van der Waals surface area (Å²) in [5, 5.41) is 11.1. The first-order chi connectivity index (χ1) is 11.5. The van der Waals surface area contributed by atoms with Crippen molar-refractivity contribution in [2.45, 2.75) is 6.54 Å². The smallest absolute Gasteiger partial charge is 0.270 e. The van der Waals surface area contributed by atoms with Crippen molar-refractivity contribution in [1.82, 2.24) is 9.55 Å². The standard InChI is InChI=1S/C16H12BrN3O4/c1-24-15-5-2-10(6-13(15)17)8-19-9-18-14-4-3-11(20(22)23)7-12(14)16(19)21/h2-7,9H,8H2,1H3. The van der Waals surface area contributed by atoms with Crippen LogP contribution in [0.5, 0.6) is 5.75 Å². The summed E-state index contributed by atoms with van der Waals surface area (Å²) in [7, 11) is 1.57. The summed E-state index contributed by atoms with van der Waals surface area (Å²) >= 11 is 3.40. The van der Waals surface area contributed by atoms with Crippen LogP contribution < -0.4 is 10.3 Å². The van der Waals surface area contributed by atoms with Crippen molar-refractivity contribution in [2.75, 3.05) is 7.11 Å². The van der Waals surface area contributed by atoms with E-state index in [0.717, 1.165) is 10.0 Å². The Balaban J connectivity index is 2.03. The lowest BCUT2D eigenvalue weighted by atomic mass is 10.2. The first-order valence-electron chi connectivity index (χ1n) is 6.95. The van der Waals surface area contributed by atoms with Crippen LogP contribution in [0.15, 0.2) is 52.0 Å². The maximum atomic E-state index is 12.6. The Kier molecular flexibility index (Phi) is 4.30. The van der Waals surface area contributed by atoms with Crippen LogP contribution in [-0.2, 0) is 6.54 Å². The summed E-state index contributed by atoms with van der Waals surface area (Å²) in [6.07, 6.45) is 1.44. The predicted octanol–water partition coefficient (Wildman–Crippen LogP) is 3.12. The molecule has 0 unspecified atom stereocenters. The van der Waals surface area contributed by atoms with E-state index in [1.165, 1.54) is 29.1 Å². The normalized spacial score (nSPS) is 10.8. The number of nitrogens with zero attached hydrogens (tertiary/aromatic N) is 3. The molecule has 3 aromatic rings. The van der Waals surface area contributed by atoms with Crippen LogP contribution >= 0.6 is 15.9 Å². The van der Waals surface area contributed by atoms with E-state index in [9.17, 15) is 14.9 Å². The van der Waals surface area contributed by atoms with Crippen LogP contribution in [0.25, 0.3) is 10.9 Å². The molecule has 0 fully saturated rings. The number of rotatable bonds is 4. The molecule has 0 saturated carbocycles. The zero-order chi connectivity index (χ0) is 17.3. The average molecular weight is 390 g/mol. The number of hydrogen-bond acceptors (Lipinski definition) is 5. The van der Waals surface area contributed by atoms with Gasteiger partial charge in [-0.2, -0.15) is 0 Å². The number of ether oxygens (including phenoxy) is 1. The van der Waals surface area contributed by atoms with Crippen molar-refractivity contribution >= 4 is 32.5 Å². The molecule has 1 heterocycles. The van der Waals surface area contributed by atoms with Gasteiger partial charge in [0.1, 0.15) is 5.75 Å². The molecule has 7 nitrogen and oxygen atoms in total. The fourth-order valence-corrected chi connectivity index (χ4v) is 2.97. The second-order valence-corrected chi connectivity index (χ2v) is 5.96.